The zero-order chi connectivity index (χ0) is 12.1. The van der Waals surface area contributed by atoms with Crippen molar-refractivity contribution in [3.8, 4) is 0 Å². The Balaban J connectivity index is 1.60. The topological polar surface area (TPSA) is 53.3 Å². The molecule has 1 saturated heterocycles. The van der Waals surface area contributed by atoms with Crippen molar-refractivity contribution in [3.63, 3.8) is 0 Å². The van der Waals surface area contributed by atoms with Crippen LogP contribution in [0.25, 0.3) is 0 Å². The number of aromatic nitrogens is 2. The van der Waals surface area contributed by atoms with Gasteiger partial charge < -0.3 is 15.3 Å². The van der Waals surface area contributed by atoms with Gasteiger partial charge in [-0.1, -0.05) is 0 Å². The van der Waals surface area contributed by atoms with E-state index in [2.05, 4.69) is 15.3 Å². The van der Waals surface area contributed by atoms with Crippen molar-refractivity contribution in [1.29, 1.82) is 0 Å². The summed E-state index contributed by atoms with van der Waals surface area (Å²) >= 11 is 0. The first-order valence-electron chi connectivity index (χ1n) is 6.34. The Kier molecular flexibility index (Phi) is 4.53. The maximum Gasteiger partial charge on any atom is 0.0791 e. The van der Waals surface area contributed by atoms with Gasteiger partial charge in [0.25, 0.3) is 0 Å². The van der Waals surface area contributed by atoms with Crippen LogP contribution in [0.2, 0.25) is 0 Å². The van der Waals surface area contributed by atoms with Gasteiger partial charge in [-0.2, -0.15) is 5.10 Å². The Hall–Kier alpha value is -0.910. The van der Waals surface area contributed by atoms with Crippen molar-refractivity contribution < 1.29 is 5.11 Å². The van der Waals surface area contributed by atoms with Crippen LogP contribution in [0, 0.1) is 0 Å². The molecule has 1 aromatic rings. The second-order valence-corrected chi connectivity index (χ2v) is 4.77. The van der Waals surface area contributed by atoms with E-state index in [-0.39, 0.29) is 6.10 Å². The molecule has 1 aromatic heterocycles. The summed E-state index contributed by atoms with van der Waals surface area (Å²) in [4.78, 5) is 2.33. The third-order valence-corrected chi connectivity index (χ3v) is 3.12. The predicted octanol–water partition coefficient (Wildman–Crippen LogP) is -0.0336. The third-order valence-electron chi connectivity index (χ3n) is 3.12. The molecule has 0 bridgehead atoms. The fourth-order valence-corrected chi connectivity index (χ4v) is 2.25. The Labute approximate surface area is 102 Å². The molecule has 5 nitrogen and oxygen atoms in total. The van der Waals surface area contributed by atoms with Crippen molar-refractivity contribution in [2.75, 3.05) is 26.2 Å². The van der Waals surface area contributed by atoms with Crippen molar-refractivity contribution >= 4 is 0 Å². The molecule has 0 spiro atoms. The van der Waals surface area contributed by atoms with E-state index in [1.807, 2.05) is 19.3 Å². The van der Waals surface area contributed by atoms with Gasteiger partial charge in [-0.3, -0.25) is 4.68 Å². The maximum atomic E-state index is 9.86. The summed E-state index contributed by atoms with van der Waals surface area (Å²) in [5.41, 5.74) is 1.01. The number of hydrogen-bond acceptors (Lipinski definition) is 4. The van der Waals surface area contributed by atoms with Crippen molar-refractivity contribution in [1.82, 2.24) is 20.0 Å². The SMILES string of the molecule is Cn1ccc(CNCC(O)CN2CCCC2)n1. The van der Waals surface area contributed by atoms with Crippen molar-refractivity contribution in [2.24, 2.45) is 7.05 Å². The summed E-state index contributed by atoms with van der Waals surface area (Å²) in [5, 5.41) is 17.4. The van der Waals surface area contributed by atoms with Crippen molar-refractivity contribution in [3.05, 3.63) is 18.0 Å². The third kappa shape index (κ3) is 4.11. The van der Waals surface area contributed by atoms with Gasteiger partial charge in [0.15, 0.2) is 0 Å². The average Bonchev–Trinajstić information content (AvgIpc) is 2.90. The number of likely N-dealkylation sites (tertiary alicyclic amines) is 1. The van der Waals surface area contributed by atoms with Crippen LogP contribution in [-0.4, -0.2) is 52.1 Å². The van der Waals surface area contributed by atoms with E-state index < -0.39 is 0 Å². The lowest BCUT2D eigenvalue weighted by Gasteiger charge is -2.19. The molecular weight excluding hydrogens is 216 g/mol. The first-order chi connectivity index (χ1) is 8.24. The van der Waals surface area contributed by atoms with Crippen LogP contribution < -0.4 is 5.32 Å². The number of hydrogen-bond donors (Lipinski definition) is 2. The highest BCUT2D eigenvalue weighted by atomic mass is 16.3. The van der Waals surface area contributed by atoms with E-state index in [9.17, 15) is 5.11 Å². The fourth-order valence-electron chi connectivity index (χ4n) is 2.25. The molecule has 1 unspecified atom stereocenters. The van der Waals surface area contributed by atoms with Gasteiger partial charge in [-0.15, -0.1) is 0 Å². The zero-order valence-electron chi connectivity index (χ0n) is 10.5. The number of nitrogens with zero attached hydrogens (tertiary/aromatic N) is 3. The maximum absolute atomic E-state index is 9.86. The van der Waals surface area contributed by atoms with Crippen molar-refractivity contribution in [2.45, 2.75) is 25.5 Å². The molecule has 0 saturated carbocycles. The minimum Gasteiger partial charge on any atom is -0.390 e. The molecule has 2 heterocycles. The second kappa shape index (κ2) is 6.14. The summed E-state index contributed by atoms with van der Waals surface area (Å²) < 4.78 is 1.79. The molecule has 0 radical (unpaired) electrons. The van der Waals surface area contributed by atoms with Crippen LogP contribution >= 0.6 is 0 Å². The molecule has 1 aliphatic heterocycles. The molecule has 0 aliphatic carbocycles. The molecule has 17 heavy (non-hydrogen) atoms. The molecular formula is C12H22N4O. The van der Waals surface area contributed by atoms with E-state index in [0.29, 0.717) is 6.54 Å². The molecule has 2 rings (SSSR count). The molecule has 1 fully saturated rings. The van der Waals surface area contributed by atoms with Crippen LogP contribution in [0.1, 0.15) is 18.5 Å². The first-order valence-corrected chi connectivity index (χ1v) is 6.34. The van der Waals surface area contributed by atoms with Crippen LogP contribution in [0.15, 0.2) is 12.3 Å². The lowest BCUT2D eigenvalue weighted by molar-refractivity contribution is 0.123. The number of aliphatic hydroxyl groups is 1. The summed E-state index contributed by atoms with van der Waals surface area (Å²) in [6.07, 6.45) is 4.19. The summed E-state index contributed by atoms with van der Waals surface area (Å²) in [7, 11) is 1.91. The number of nitrogens with one attached hydrogen (secondary N) is 1. The minimum atomic E-state index is -0.281. The summed E-state index contributed by atoms with van der Waals surface area (Å²) in [5.74, 6) is 0. The Morgan fingerprint density at radius 3 is 2.88 bits per heavy atom. The molecule has 0 amide bonds. The van der Waals surface area contributed by atoms with Crippen LogP contribution in [0.5, 0.6) is 0 Å². The fraction of sp³-hybridized carbons (Fsp3) is 0.750. The van der Waals surface area contributed by atoms with Crippen LogP contribution in [0.3, 0.4) is 0 Å². The average molecular weight is 238 g/mol. The molecule has 1 atom stereocenters. The van der Waals surface area contributed by atoms with Crippen LogP contribution in [-0.2, 0) is 13.6 Å². The Bertz CT molecular complexity index is 333. The Morgan fingerprint density at radius 1 is 1.47 bits per heavy atom. The smallest absolute Gasteiger partial charge is 0.0791 e. The van der Waals surface area contributed by atoms with Gasteiger partial charge in [-0.05, 0) is 32.0 Å². The quantitative estimate of drug-likeness (QED) is 0.730. The predicted molar refractivity (Wildman–Crippen MR) is 66.6 cm³/mol. The van der Waals surface area contributed by atoms with Gasteiger partial charge in [0.2, 0.25) is 0 Å². The van der Waals surface area contributed by atoms with Gasteiger partial charge in [0.05, 0.1) is 11.8 Å². The number of aliphatic hydroxyl groups excluding tert-OH is 1. The summed E-state index contributed by atoms with van der Waals surface area (Å²) in [6, 6.07) is 1.99. The normalized spacial score (nSPS) is 18.7. The van der Waals surface area contributed by atoms with E-state index in [4.69, 9.17) is 0 Å². The Morgan fingerprint density at radius 2 is 2.24 bits per heavy atom. The lowest BCUT2D eigenvalue weighted by Crippen LogP contribution is -2.36. The molecule has 96 valence electrons. The highest BCUT2D eigenvalue weighted by Gasteiger charge is 2.15. The number of β-amino-alcohol motifs (C(OH)–C–C–N with tert-alkyl or cyclic N) is 1. The molecule has 2 N–H and O–H groups in total. The molecule has 0 aromatic carbocycles. The van der Waals surface area contributed by atoms with Gasteiger partial charge in [0, 0.05) is 32.9 Å². The second-order valence-electron chi connectivity index (χ2n) is 4.77. The standard InChI is InChI=1S/C12H22N4O/c1-15-7-4-11(14-15)8-13-9-12(17)10-16-5-2-3-6-16/h4,7,12-13,17H,2-3,5-6,8-10H2,1H3. The lowest BCUT2D eigenvalue weighted by atomic mass is 10.3. The largest absolute Gasteiger partial charge is 0.390 e. The monoisotopic (exact) mass is 238 g/mol. The summed E-state index contributed by atoms with van der Waals surface area (Å²) in [6.45, 7) is 4.41. The number of aryl methyl sites for hydroxylation is 1. The molecule has 1 aliphatic rings. The minimum absolute atomic E-state index is 0.281. The van der Waals surface area contributed by atoms with E-state index in [0.717, 1.165) is 31.9 Å². The highest BCUT2D eigenvalue weighted by molar-refractivity contribution is 4.97. The van der Waals surface area contributed by atoms with E-state index in [1.54, 1.807) is 4.68 Å². The van der Waals surface area contributed by atoms with Gasteiger partial charge in [0.1, 0.15) is 0 Å². The zero-order valence-corrected chi connectivity index (χ0v) is 10.5. The van der Waals surface area contributed by atoms with Gasteiger partial charge in [-0.25, -0.2) is 0 Å². The van der Waals surface area contributed by atoms with E-state index >= 15 is 0 Å². The number of rotatable bonds is 6. The van der Waals surface area contributed by atoms with Gasteiger partial charge >= 0.3 is 0 Å². The molecule has 5 heteroatoms. The van der Waals surface area contributed by atoms with E-state index in [1.165, 1.54) is 12.8 Å². The van der Waals surface area contributed by atoms with Crippen LogP contribution in [0.4, 0.5) is 0 Å². The highest BCUT2D eigenvalue weighted by Crippen LogP contribution is 2.07. The first kappa shape index (κ1) is 12.5.